The number of hydrogen-bond donors (Lipinski definition) is 0. The van der Waals surface area contributed by atoms with Crippen molar-refractivity contribution in [1.29, 1.82) is 0 Å². The molecule has 14 heavy (non-hydrogen) atoms. The fourth-order valence-electron chi connectivity index (χ4n) is 0.959. The number of hydrogen-bond acceptors (Lipinski definition) is 2. The monoisotopic (exact) mass is 208 g/mol. The average molecular weight is 209 g/mol. The van der Waals surface area contributed by atoms with Crippen LogP contribution in [0.25, 0.3) is 0 Å². The zero-order valence-electron chi connectivity index (χ0n) is 7.66. The maximum absolute atomic E-state index is 10.7. The largest absolute Gasteiger partial charge is 0.477 e. The molecule has 2 nitrogen and oxygen atoms in total. The molecule has 1 aromatic carbocycles. The number of ether oxygens (including phenoxy) is 1. The molecule has 0 aromatic heterocycles. The summed E-state index contributed by atoms with van der Waals surface area (Å²) in [6.07, 6.45) is 5.42. The second kappa shape index (κ2) is 4.69. The topological polar surface area (TPSA) is 26.3 Å². The van der Waals surface area contributed by atoms with Gasteiger partial charge in [0.1, 0.15) is 5.75 Å². The molecule has 0 spiro atoms. The first-order chi connectivity index (χ1) is 6.69. The Hall–Kier alpha value is -1.46. The van der Waals surface area contributed by atoms with Crippen LogP contribution in [0.1, 0.15) is 17.3 Å². The van der Waals surface area contributed by atoms with Gasteiger partial charge in [0.2, 0.25) is 0 Å². The molecule has 3 heteroatoms. The minimum atomic E-state index is -0.382. The van der Waals surface area contributed by atoms with E-state index < -0.39 is 0 Å². The molecule has 1 unspecified atom stereocenters. The van der Waals surface area contributed by atoms with Crippen molar-refractivity contribution in [1.82, 2.24) is 0 Å². The van der Waals surface area contributed by atoms with Gasteiger partial charge in [0.15, 0.2) is 12.4 Å². The number of benzene rings is 1. The molecule has 1 rings (SSSR count). The summed E-state index contributed by atoms with van der Waals surface area (Å²) >= 11 is 5.79. The van der Waals surface area contributed by atoms with Gasteiger partial charge < -0.3 is 4.74 Å². The zero-order valence-corrected chi connectivity index (χ0v) is 8.41. The summed E-state index contributed by atoms with van der Waals surface area (Å²) in [7, 11) is 0. The molecule has 0 saturated carbocycles. The van der Waals surface area contributed by atoms with E-state index in [0.717, 1.165) is 0 Å². The van der Waals surface area contributed by atoms with Crippen molar-refractivity contribution in [2.24, 2.45) is 0 Å². The van der Waals surface area contributed by atoms with Crippen LogP contribution in [0.2, 0.25) is 5.02 Å². The van der Waals surface area contributed by atoms with Crippen molar-refractivity contribution in [2.75, 3.05) is 0 Å². The van der Waals surface area contributed by atoms with Crippen LogP contribution in [0.15, 0.2) is 18.2 Å². The molecule has 0 fully saturated rings. The predicted molar refractivity (Wildman–Crippen MR) is 55.8 cm³/mol. The van der Waals surface area contributed by atoms with Gasteiger partial charge in [0.05, 0.1) is 10.6 Å². The molecule has 0 bridgehead atoms. The highest BCUT2D eigenvalue weighted by molar-refractivity contribution is 6.33. The van der Waals surface area contributed by atoms with Crippen LogP contribution in [0.5, 0.6) is 5.75 Å². The summed E-state index contributed by atoms with van der Waals surface area (Å²) in [5.74, 6) is 2.82. The Morgan fingerprint density at radius 3 is 2.93 bits per heavy atom. The van der Waals surface area contributed by atoms with E-state index in [9.17, 15) is 4.79 Å². The molecule has 1 atom stereocenters. The van der Waals surface area contributed by atoms with E-state index in [2.05, 4.69) is 5.92 Å². The third-order valence-electron chi connectivity index (χ3n) is 1.67. The van der Waals surface area contributed by atoms with Crippen molar-refractivity contribution in [3.05, 3.63) is 28.8 Å². The highest BCUT2D eigenvalue weighted by Gasteiger charge is 2.08. The normalized spacial score (nSPS) is 11.5. The lowest BCUT2D eigenvalue weighted by Crippen LogP contribution is -2.09. The van der Waals surface area contributed by atoms with Gasteiger partial charge >= 0.3 is 0 Å². The summed E-state index contributed by atoms with van der Waals surface area (Å²) < 4.78 is 5.31. The van der Waals surface area contributed by atoms with Gasteiger partial charge in [-0.25, -0.2) is 0 Å². The first-order valence-corrected chi connectivity index (χ1v) is 4.43. The minimum absolute atomic E-state index is 0.330. The first-order valence-electron chi connectivity index (χ1n) is 4.05. The molecule has 0 heterocycles. The third kappa shape index (κ3) is 2.27. The summed E-state index contributed by atoms with van der Waals surface area (Å²) in [5.41, 5.74) is 0.330. The number of aldehydes is 1. The molecular formula is C11H9ClO2. The van der Waals surface area contributed by atoms with Crippen molar-refractivity contribution in [2.45, 2.75) is 13.0 Å². The molecular weight excluding hydrogens is 200 g/mol. The predicted octanol–water partition coefficient (Wildman–Crippen LogP) is 2.55. The Morgan fingerprint density at radius 2 is 2.36 bits per heavy atom. The van der Waals surface area contributed by atoms with Crippen LogP contribution in [-0.2, 0) is 0 Å². The van der Waals surface area contributed by atoms with Gasteiger partial charge in [-0.1, -0.05) is 23.6 Å². The van der Waals surface area contributed by atoms with Crippen molar-refractivity contribution in [3.8, 4) is 18.1 Å². The number of carbonyl (C=O) groups is 1. The van der Waals surface area contributed by atoms with Crippen LogP contribution in [-0.4, -0.2) is 12.4 Å². The third-order valence-corrected chi connectivity index (χ3v) is 2.00. The SMILES string of the molecule is C#CC(C)Oc1cccc(Cl)c1C=O. The molecule has 1 aromatic rings. The fourth-order valence-corrected chi connectivity index (χ4v) is 1.17. The number of rotatable bonds is 3. The van der Waals surface area contributed by atoms with Crippen LogP contribution < -0.4 is 4.74 Å². The summed E-state index contributed by atoms with van der Waals surface area (Å²) in [5, 5.41) is 0.363. The van der Waals surface area contributed by atoms with Crippen LogP contribution in [0, 0.1) is 12.3 Å². The maximum atomic E-state index is 10.7. The Labute approximate surface area is 87.8 Å². The van der Waals surface area contributed by atoms with E-state index >= 15 is 0 Å². The van der Waals surface area contributed by atoms with Crippen molar-refractivity contribution >= 4 is 17.9 Å². The molecule has 72 valence electrons. The Balaban J connectivity index is 3.03. The summed E-state index contributed by atoms with van der Waals surface area (Å²) in [6.45, 7) is 1.72. The fraction of sp³-hybridized carbons (Fsp3) is 0.182. The average Bonchev–Trinajstić information content (AvgIpc) is 2.18. The van der Waals surface area contributed by atoms with Crippen molar-refractivity contribution in [3.63, 3.8) is 0 Å². The second-order valence-electron chi connectivity index (χ2n) is 2.70. The van der Waals surface area contributed by atoms with Crippen LogP contribution in [0.3, 0.4) is 0 Å². The Kier molecular flexibility index (Phi) is 3.55. The summed E-state index contributed by atoms with van der Waals surface area (Å²) in [6, 6.07) is 4.98. The van der Waals surface area contributed by atoms with Gasteiger partial charge in [0, 0.05) is 0 Å². The molecule has 0 amide bonds. The number of carbonyl (C=O) groups excluding carboxylic acids is 1. The molecule has 0 N–H and O–H groups in total. The lowest BCUT2D eigenvalue weighted by Gasteiger charge is -2.11. The zero-order chi connectivity index (χ0) is 10.6. The lowest BCUT2D eigenvalue weighted by atomic mass is 10.2. The van der Waals surface area contributed by atoms with Gasteiger partial charge in [-0.15, -0.1) is 6.42 Å². The second-order valence-corrected chi connectivity index (χ2v) is 3.10. The Morgan fingerprint density at radius 1 is 1.64 bits per heavy atom. The molecule has 0 aliphatic carbocycles. The van der Waals surface area contributed by atoms with Gasteiger partial charge in [-0.2, -0.15) is 0 Å². The highest BCUT2D eigenvalue weighted by Crippen LogP contribution is 2.25. The molecule has 0 aliphatic heterocycles. The van der Waals surface area contributed by atoms with Gasteiger partial charge in [-0.3, -0.25) is 4.79 Å². The van der Waals surface area contributed by atoms with E-state index in [-0.39, 0.29) is 6.10 Å². The minimum Gasteiger partial charge on any atom is -0.477 e. The molecule has 0 aliphatic rings. The molecule has 0 radical (unpaired) electrons. The standard InChI is InChI=1S/C11H9ClO2/c1-3-8(2)14-11-6-4-5-10(12)9(11)7-13/h1,4-8H,2H3. The van der Waals surface area contributed by atoms with Crippen LogP contribution >= 0.6 is 11.6 Å². The smallest absolute Gasteiger partial charge is 0.156 e. The Bertz CT molecular complexity index is 379. The van der Waals surface area contributed by atoms with E-state index in [1.165, 1.54) is 0 Å². The molecule has 0 saturated heterocycles. The quantitative estimate of drug-likeness (QED) is 0.564. The summed E-state index contributed by atoms with van der Waals surface area (Å²) in [4.78, 5) is 10.7. The van der Waals surface area contributed by atoms with E-state index in [0.29, 0.717) is 22.6 Å². The highest BCUT2D eigenvalue weighted by atomic mass is 35.5. The first kappa shape index (κ1) is 10.6. The van der Waals surface area contributed by atoms with E-state index in [1.54, 1.807) is 25.1 Å². The number of halogens is 1. The number of terminal acetylenes is 1. The van der Waals surface area contributed by atoms with Crippen molar-refractivity contribution < 1.29 is 9.53 Å². The van der Waals surface area contributed by atoms with Gasteiger partial charge in [0.25, 0.3) is 0 Å². The maximum Gasteiger partial charge on any atom is 0.156 e. The van der Waals surface area contributed by atoms with Gasteiger partial charge in [-0.05, 0) is 19.1 Å². The van der Waals surface area contributed by atoms with E-state index in [1.807, 2.05) is 0 Å². The lowest BCUT2D eigenvalue weighted by molar-refractivity contribution is 0.111. The van der Waals surface area contributed by atoms with Crippen LogP contribution in [0.4, 0.5) is 0 Å². The van der Waals surface area contributed by atoms with E-state index in [4.69, 9.17) is 22.8 Å².